The molecule has 0 radical (unpaired) electrons. The maximum absolute atomic E-state index is 12.4. The van der Waals surface area contributed by atoms with Crippen LogP contribution in [0.15, 0.2) is 47.6 Å². The topological polar surface area (TPSA) is 106 Å². The zero-order chi connectivity index (χ0) is 28.3. The molecule has 8 nitrogen and oxygen atoms in total. The fourth-order valence-electron chi connectivity index (χ4n) is 3.78. The molecule has 0 unspecified atom stereocenters. The first-order chi connectivity index (χ1) is 18.9. The van der Waals surface area contributed by atoms with Crippen molar-refractivity contribution < 1.29 is 23.9 Å². The number of unbranched alkanes of at least 4 members (excludes halogenated alkanes) is 8. The number of carbonyl (C=O) groups excluding carboxylic acids is 3. The number of amides is 2. The van der Waals surface area contributed by atoms with Gasteiger partial charge in [0.2, 0.25) is 5.91 Å². The molecule has 0 bridgehead atoms. The molecule has 2 rings (SSSR count). The molecule has 0 saturated heterocycles. The fourth-order valence-corrected chi connectivity index (χ4v) is 3.91. The van der Waals surface area contributed by atoms with E-state index in [1.54, 1.807) is 42.5 Å². The molecule has 0 saturated carbocycles. The molecule has 39 heavy (non-hydrogen) atoms. The van der Waals surface area contributed by atoms with Crippen LogP contribution in [0.2, 0.25) is 5.02 Å². The molecule has 9 heteroatoms. The SMILES string of the molecule is CCCCCCCCCCCC(=O)NCC(=O)NN=Cc1ccc(OC(=O)c2ccc(Cl)cc2)c(OCC)c1. The summed E-state index contributed by atoms with van der Waals surface area (Å²) in [6, 6.07) is 11.3. The third kappa shape index (κ3) is 13.3. The van der Waals surface area contributed by atoms with Gasteiger partial charge in [-0.3, -0.25) is 9.59 Å². The Morgan fingerprint density at radius 1 is 0.846 bits per heavy atom. The summed E-state index contributed by atoms with van der Waals surface area (Å²) in [4.78, 5) is 36.4. The number of rotatable bonds is 18. The number of esters is 1. The highest BCUT2D eigenvalue weighted by Gasteiger charge is 2.13. The van der Waals surface area contributed by atoms with Crippen molar-refractivity contribution in [3.05, 3.63) is 58.6 Å². The Bertz CT molecular complexity index is 1070. The highest BCUT2D eigenvalue weighted by atomic mass is 35.5. The zero-order valence-electron chi connectivity index (χ0n) is 23.0. The van der Waals surface area contributed by atoms with E-state index in [1.165, 1.54) is 44.7 Å². The third-order valence-electron chi connectivity index (χ3n) is 5.91. The van der Waals surface area contributed by atoms with Crippen molar-refractivity contribution >= 4 is 35.6 Å². The predicted molar refractivity (Wildman–Crippen MR) is 155 cm³/mol. The average Bonchev–Trinajstić information content (AvgIpc) is 2.93. The van der Waals surface area contributed by atoms with Crippen LogP contribution >= 0.6 is 11.6 Å². The molecule has 2 N–H and O–H groups in total. The number of hydrogen-bond acceptors (Lipinski definition) is 6. The van der Waals surface area contributed by atoms with Crippen molar-refractivity contribution in [1.29, 1.82) is 0 Å². The lowest BCUT2D eigenvalue weighted by Gasteiger charge is -2.11. The maximum Gasteiger partial charge on any atom is 0.343 e. The molecule has 2 aromatic rings. The van der Waals surface area contributed by atoms with Gasteiger partial charge in [-0.1, -0.05) is 69.9 Å². The highest BCUT2D eigenvalue weighted by molar-refractivity contribution is 6.30. The van der Waals surface area contributed by atoms with Crippen LogP contribution in [0.25, 0.3) is 0 Å². The molecule has 0 aliphatic carbocycles. The molecular weight excluding hydrogens is 518 g/mol. The summed E-state index contributed by atoms with van der Waals surface area (Å²) in [5.74, 6) is -0.486. The van der Waals surface area contributed by atoms with E-state index in [0.717, 1.165) is 19.3 Å². The van der Waals surface area contributed by atoms with Gasteiger partial charge >= 0.3 is 5.97 Å². The number of nitrogens with zero attached hydrogens (tertiary/aromatic N) is 1. The van der Waals surface area contributed by atoms with Gasteiger partial charge < -0.3 is 14.8 Å². The van der Waals surface area contributed by atoms with Crippen LogP contribution in [0, 0.1) is 0 Å². The largest absolute Gasteiger partial charge is 0.490 e. The van der Waals surface area contributed by atoms with Crippen LogP contribution in [-0.2, 0) is 9.59 Å². The number of hydrazone groups is 1. The lowest BCUT2D eigenvalue weighted by atomic mass is 10.1. The van der Waals surface area contributed by atoms with Crippen LogP contribution in [0.5, 0.6) is 11.5 Å². The van der Waals surface area contributed by atoms with Crippen molar-refractivity contribution in [3.63, 3.8) is 0 Å². The van der Waals surface area contributed by atoms with Gasteiger partial charge in [0.1, 0.15) is 0 Å². The second-order valence-electron chi connectivity index (χ2n) is 9.18. The summed E-state index contributed by atoms with van der Waals surface area (Å²) >= 11 is 5.87. The minimum atomic E-state index is -0.541. The van der Waals surface area contributed by atoms with Crippen LogP contribution < -0.4 is 20.2 Å². The van der Waals surface area contributed by atoms with Crippen LogP contribution in [0.3, 0.4) is 0 Å². The lowest BCUT2D eigenvalue weighted by Crippen LogP contribution is -2.34. The summed E-state index contributed by atoms with van der Waals surface area (Å²) in [5.41, 5.74) is 3.38. The molecule has 0 spiro atoms. The van der Waals surface area contributed by atoms with E-state index in [0.29, 0.717) is 34.9 Å². The van der Waals surface area contributed by atoms with Gasteiger partial charge in [0.25, 0.3) is 5.91 Å². The van der Waals surface area contributed by atoms with Gasteiger partial charge in [-0.2, -0.15) is 5.10 Å². The smallest absolute Gasteiger partial charge is 0.343 e. The van der Waals surface area contributed by atoms with Crippen LogP contribution in [-0.4, -0.2) is 37.1 Å². The van der Waals surface area contributed by atoms with Gasteiger partial charge in [0.05, 0.1) is 24.9 Å². The minimum Gasteiger partial charge on any atom is -0.490 e. The van der Waals surface area contributed by atoms with E-state index < -0.39 is 11.9 Å². The first-order valence-electron chi connectivity index (χ1n) is 13.8. The number of carbonyl (C=O) groups is 3. The van der Waals surface area contributed by atoms with E-state index in [4.69, 9.17) is 21.1 Å². The van der Waals surface area contributed by atoms with E-state index in [1.807, 2.05) is 6.92 Å². The van der Waals surface area contributed by atoms with Gasteiger partial charge in [-0.25, -0.2) is 10.2 Å². The van der Waals surface area contributed by atoms with E-state index in [-0.39, 0.29) is 18.2 Å². The molecule has 0 aliphatic heterocycles. The number of benzene rings is 2. The van der Waals surface area contributed by atoms with Crippen LogP contribution in [0.4, 0.5) is 0 Å². The lowest BCUT2D eigenvalue weighted by molar-refractivity contribution is -0.126. The Morgan fingerprint density at radius 3 is 2.18 bits per heavy atom. The van der Waals surface area contributed by atoms with Gasteiger partial charge in [-0.05, 0) is 61.4 Å². The van der Waals surface area contributed by atoms with Crippen LogP contribution in [0.1, 0.15) is 94.0 Å². The molecule has 212 valence electrons. The number of nitrogens with one attached hydrogen (secondary N) is 2. The monoisotopic (exact) mass is 557 g/mol. The Hall–Kier alpha value is -3.39. The normalized spacial score (nSPS) is 10.8. The average molecular weight is 558 g/mol. The summed E-state index contributed by atoms with van der Waals surface area (Å²) in [6.07, 6.45) is 12.5. The van der Waals surface area contributed by atoms with Crippen molar-refractivity contribution in [2.75, 3.05) is 13.2 Å². The molecule has 2 amide bonds. The van der Waals surface area contributed by atoms with Crippen molar-refractivity contribution in [1.82, 2.24) is 10.7 Å². The van der Waals surface area contributed by atoms with Crippen molar-refractivity contribution in [2.24, 2.45) is 5.10 Å². The fraction of sp³-hybridized carbons (Fsp3) is 0.467. The molecule has 0 atom stereocenters. The first kappa shape index (κ1) is 31.8. The van der Waals surface area contributed by atoms with Gasteiger partial charge in [0, 0.05) is 11.4 Å². The standard InChI is InChI=1S/C30H40ClN3O5/c1-3-5-6-7-8-9-10-11-12-13-28(35)32-22-29(36)34-33-21-23-14-19-26(27(20-23)38-4-2)39-30(37)24-15-17-25(31)18-16-24/h14-21H,3-13,22H2,1-2H3,(H,32,35)(H,34,36). The molecule has 0 aromatic heterocycles. The summed E-state index contributed by atoms with van der Waals surface area (Å²) in [5, 5.41) is 7.08. The Balaban J connectivity index is 1.72. The second-order valence-corrected chi connectivity index (χ2v) is 9.62. The third-order valence-corrected chi connectivity index (χ3v) is 6.16. The Morgan fingerprint density at radius 2 is 1.51 bits per heavy atom. The molecule has 0 heterocycles. The molecule has 0 fully saturated rings. The van der Waals surface area contributed by atoms with E-state index in [2.05, 4.69) is 22.8 Å². The summed E-state index contributed by atoms with van der Waals surface area (Å²) < 4.78 is 11.1. The quantitative estimate of drug-likeness (QED) is 0.0720. The number of hydrogen-bond donors (Lipinski definition) is 2. The van der Waals surface area contributed by atoms with E-state index in [9.17, 15) is 14.4 Å². The highest BCUT2D eigenvalue weighted by Crippen LogP contribution is 2.29. The second kappa shape index (κ2) is 18.8. The van der Waals surface area contributed by atoms with E-state index >= 15 is 0 Å². The summed E-state index contributed by atoms with van der Waals surface area (Å²) in [7, 11) is 0. The molecule has 0 aliphatic rings. The van der Waals surface area contributed by atoms with Crippen molar-refractivity contribution in [2.45, 2.75) is 78.1 Å². The Labute approximate surface area is 236 Å². The zero-order valence-corrected chi connectivity index (χ0v) is 23.7. The predicted octanol–water partition coefficient (Wildman–Crippen LogP) is 6.45. The Kier molecular flexibility index (Phi) is 15.3. The van der Waals surface area contributed by atoms with Gasteiger partial charge in [-0.15, -0.1) is 0 Å². The molecule has 2 aromatic carbocycles. The number of halogens is 1. The van der Waals surface area contributed by atoms with Crippen molar-refractivity contribution in [3.8, 4) is 11.5 Å². The minimum absolute atomic E-state index is 0.137. The maximum atomic E-state index is 12.4. The summed E-state index contributed by atoms with van der Waals surface area (Å²) in [6.45, 7) is 4.25. The van der Waals surface area contributed by atoms with Gasteiger partial charge in [0.15, 0.2) is 11.5 Å². The first-order valence-corrected chi connectivity index (χ1v) is 14.1. The molecular formula is C30H40ClN3O5. The number of ether oxygens (including phenoxy) is 2.